The largest absolute Gasteiger partial charge is 0.454 e. The normalized spacial score (nSPS) is 17.5. The summed E-state index contributed by atoms with van der Waals surface area (Å²) >= 11 is 3.59. The minimum atomic E-state index is 0.330. The van der Waals surface area contributed by atoms with Gasteiger partial charge in [-0.25, -0.2) is 4.98 Å². The lowest BCUT2D eigenvalue weighted by Crippen LogP contribution is -2.46. The van der Waals surface area contributed by atoms with Crippen LogP contribution in [0.2, 0.25) is 0 Å². The van der Waals surface area contributed by atoms with Crippen molar-refractivity contribution < 1.29 is 9.47 Å². The van der Waals surface area contributed by atoms with Gasteiger partial charge in [0.15, 0.2) is 11.5 Å². The molecule has 2 aliphatic rings. The smallest absolute Gasteiger partial charge is 0.231 e. The highest BCUT2D eigenvalue weighted by Crippen LogP contribution is 2.33. The molecule has 1 aromatic carbocycles. The van der Waals surface area contributed by atoms with Crippen molar-refractivity contribution in [1.29, 1.82) is 0 Å². The van der Waals surface area contributed by atoms with Crippen molar-refractivity contribution in [3.05, 3.63) is 46.6 Å². The number of benzene rings is 1. The number of hydrogen-bond donors (Lipinski definition) is 0. The van der Waals surface area contributed by atoms with Gasteiger partial charge in [0, 0.05) is 38.9 Å². The van der Waals surface area contributed by atoms with Crippen molar-refractivity contribution >= 4 is 21.7 Å². The van der Waals surface area contributed by atoms with E-state index in [-0.39, 0.29) is 0 Å². The zero-order valence-electron chi connectivity index (χ0n) is 12.7. The van der Waals surface area contributed by atoms with Crippen LogP contribution in [0.3, 0.4) is 0 Å². The number of anilines is 1. The maximum absolute atomic E-state index is 5.45. The molecule has 0 bridgehead atoms. The molecule has 2 aromatic rings. The van der Waals surface area contributed by atoms with Crippen molar-refractivity contribution in [3.63, 3.8) is 0 Å². The van der Waals surface area contributed by atoms with Gasteiger partial charge >= 0.3 is 0 Å². The Morgan fingerprint density at radius 2 is 1.87 bits per heavy atom. The first kappa shape index (κ1) is 14.8. The zero-order chi connectivity index (χ0) is 15.6. The fourth-order valence-corrected chi connectivity index (χ4v) is 3.53. The van der Waals surface area contributed by atoms with Gasteiger partial charge in [0.25, 0.3) is 0 Å². The lowest BCUT2D eigenvalue weighted by atomic mass is 10.1. The van der Waals surface area contributed by atoms with E-state index in [4.69, 9.17) is 9.47 Å². The molecule has 3 heterocycles. The Hall–Kier alpha value is -1.79. The van der Waals surface area contributed by atoms with Crippen LogP contribution in [0.25, 0.3) is 0 Å². The zero-order valence-corrected chi connectivity index (χ0v) is 14.3. The second-order valence-corrected chi connectivity index (χ2v) is 6.61. The molecule has 0 N–H and O–H groups in total. The van der Waals surface area contributed by atoms with E-state index in [0.717, 1.165) is 54.5 Å². The van der Waals surface area contributed by atoms with Crippen LogP contribution in [-0.2, 0) is 6.54 Å². The molecule has 4 rings (SSSR count). The molecule has 0 amide bonds. The average Bonchev–Trinajstić information content (AvgIpc) is 3.04. The third kappa shape index (κ3) is 3.14. The monoisotopic (exact) mass is 375 g/mol. The van der Waals surface area contributed by atoms with Crippen LogP contribution >= 0.6 is 15.9 Å². The van der Waals surface area contributed by atoms with Gasteiger partial charge in [-0.05, 0) is 45.8 Å². The Kier molecular flexibility index (Phi) is 4.10. The third-order valence-electron chi connectivity index (χ3n) is 4.25. The number of aromatic nitrogens is 1. The lowest BCUT2D eigenvalue weighted by molar-refractivity contribution is 0.174. The van der Waals surface area contributed by atoms with Crippen molar-refractivity contribution in [2.45, 2.75) is 6.54 Å². The molecule has 23 heavy (non-hydrogen) atoms. The van der Waals surface area contributed by atoms with E-state index in [1.165, 1.54) is 5.56 Å². The van der Waals surface area contributed by atoms with Crippen LogP contribution in [0.4, 0.5) is 5.82 Å². The summed E-state index contributed by atoms with van der Waals surface area (Å²) < 4.78 is 11.9. The van der Waals surface area contributed by atoms with Crippen LogP contribution in [0.1, 0.15) is 5.56 Å². The maximum atomic E-state index is 5.45. The molecule has 0 unspecified atom stereocenters. The molecule has 0 atom stereocenters. The fourth-order valence-electron chi connectivity index (χ4n) is 3.03. The molecular weight excluding hydrogens is 358 g/mol. The third-order valence-corrected chi connectivity index (χ3v) is 4.87. The summed E-state index contributed by atoms with van der Waals surface area (Å²) in [4.78, 5) is 9.28. The summed E-state index contributed by atoms with van der Waals surface area (Å²) in [6, 6.07) is 10.2. The van der Waals surface area contributed by atoms with Gasteiger partial charge in [-0.1, -0.05) is 6.07 Å². The lowest BCUT2D eigenvalue weighted by Gasteiger charge is -2.35. The van der Waals surface area contributed by atoms with Crippen LogP contribution in [0.5, 0.6) is 11.5 Å². The summed E-state index contributed by atoms with van der Waals surface area (Å²) in [6.07, 6.45) is 1.85. The first-order valence-corrected chi connectivity index (χ1v) is 8.55. The quantitative estimate of drug-likeness (QED) is 0.824. The Morgan fingerprint density at radius 1 is 1.04 bits per heavy atom. The molecule has 2 aliphatic heterocycles. The van der Waals surface area contributed by atoms with Gasteiger partial charge in [0.05, 0.1) is 4.47 Å². The standard InChI is InChI=1S/C17H18BrN3O2/c18-14-2-1-5-19-17(14)21-8-6-20(7-9-21)11-13-3-4-15-16(10-13)23-12-22-15/h1-5,10H,6-9,11-12H2. The number of halogens is 1. The van der Waals surface area contributed by atoms with Gasteiger partial charge in [-0.3, -0.25) is 4.90 Å². The Labute approximate surface area is 144 Å². The number of rotatable bonds is 3. The van der Waals surface area contributed by atoms with E-state index in [2.05, 4.69) is 42.8 Å². The average molecular weight is 376 g/mol. The van der Waals surface area contributed by atoms with Crippen LogP contribution in [0, 0.1) is 0 Å². The summed E-state index contributed by atoms with van der Waals surface area (Å²) in [7, 11) is 0. The molecule has 120 valence electrons. The number of nitrogens with zero attached hydrogens (tertiary/aromatic N) is 3. The van der Waals surface area contributed by atoms with Gasteiger partial charge in [-0.15, -0.1) is 0 Å². The van der Waals surface area contributed by atoms with Crippen LogP contribution < -0.4 is 14.4 Å². The van der Waals surface area contributed by atoms with E-state index >= 15 is 0 Å². The molecule has 0 saturated carbocycles. The number of pyridine rings is 1. The maximum Gasteiger partial charge on any atom is 0.231 e. The Balaban J connectivity index is 1.37. The highest BCUT2D eigenvalue weighted by molar-refractivity contribution is 9.10. The molecule has 5 nitrogen and oxygen atoms in total. The second-order valence-electron chi connectivity index (χ2n) is 5.76. The predicted octanol–water partition coefficient (Wildman–Crippen LogP) is 2.90. The molecular formula is C17H18BrN3O2. The molecule has 0 radical (unpaired) electrons. The highest BCUT2D eigenvalue weighted by Gasteiger charge is 2.20. The first-order valence-electron chi connectivity index (χ1n) is 7.76. The topological polar surface area (TPSA) is 37.8 Å². The van der Waals surface area contributed by atoms with E-state index in [9.17, 15) is 0 Å². The van der Waals surface area contributed by atoms with Gasteiger partial charge in [0.1, 0.15) is 5.82 Å². The minimum Gasteiger partial charge on any atom is -0.454 e. The number of ether oxygens (including phenoxy) is 2. The molecule has 1 aromatic heterocycles. The number of piperazine rings is 1. The van der Waals surface area contributed by atoms with E-state index < -0.39 is 0 Å². The van der Waals surface area contributed by atoms with E-state index in [1.807, 2.05) is 24.4 Å². The molecule has 0 spiro atoms. The predicted molar refractivity (Wildman–Crippen MR) is 92.0 cm³/mol. The van der Waals surface area contributed by atoms with Crippen molar-refractivity contribution in [3.8, 4) is 11.5 Å². The summed E-state index contributed by atoms with van der Waals surface area (Å²) in [5, 5.41) is 0. The van der Waals surface area contributed by atoms with Gasteiger partial charge in [-0.2, -0.15) is 0 Å². The van der Waals surface area contributed by atoms with Crippen molar-refractivity contribution in [2.24, 2.45) is 0 Å². The number of hydrogen-bond acceptors (Lipinski definition) is 5. The van der Waals surface area contributed by atoms with Gasteiger partial charge < -0.3 is 14.4 Å². The Morgan fingerprint density at radius 3 is 2.70 bits per heavy atom. The van der Waals surface area contributed by atoms with Crippen LogP contribution in [-0.4, -0.2) is 42.9 Å². The highest BCUT2D eigenvalue weighted by atomic mass is 79.9. The van der Waals surface area contributed by atoms with Crippen molar-refractivity contribution in [2.75, 3.05) is 37.9 Å². The van der Waals surface area contributed by atoms with Crippen molar-refractivity contribution in [1.82, 2.24) is 9.88 Å². The summed E-state index contributed by atoms with van der Waals surface area (Å²) in [5.41, 5.74) is 1.27. The SMILES string of the molecule is Brc1cccnc1N1CCN(Cc2ccc3c(c2)OCO3)CC1. The second kappa shape index (κ2) is 6.37. The van der Waals surface area contributed by atoms with Crippen LogP contribution in [0.15, 0.2) is 41.0 Å². The molecule has 1 fully saturated rings. The van der Waals surface area contributed by atoms with E-state index in [1.54, 1.807) is 0 Å². The molecule has 0 aliphatic carbocycles. The first-order chi connectivity index (χ1) is 11.3. The van der Waals surface area contributed by atoms with Gasteiger partial charge in [0.2, 0.25) is 6.79 Å². The Bertz CT molecular complexity index is 702. The summed E-state index contributed by atoms with van der Waals surface area (Å²) in [5.74, 6) is 2.74. The molecule has 6 heteroatoms. The summed E-state index contributed by atoms with van der Waals surface area (Å²) in [6.45, 7) is 5.29. The fraction of sp³-hybridized carbons (Fsp3) is 0.353. The van der Waals surface area contributed by atoms with E-state index in [0.29, 0.717) is 6.79 Å². The minimum absolute atomic E-state index is 0.330. The molecule has 1 saturated heterocycles. The number of fused-ring (bicyclic) bond motifs is 1.